The molecule has 0 aliphatic carbocycles. The highest BCUT2D eigenvalue weighted by atomic mass is 16.5. The van der Waals surface area contributed by atoms with Gasteiger partial charge in [-0.15, -0.1) is 0 Å². The molecule has 0 bridgehead atoms. The standard InChI is InChI=1S/C21H27NO4/c1-5-21(2,3)17-7-9-18(10-8-17)25-12-13-26-20-14-16(15-22-23)6-11-19(20)24-4/h6-11,14-15,23H,5,12-13H2,1-4H3. The summed E-state index contributed by atoms with van der Waals surface area (Å²) in [5, 5.41) is 11.7. The lowest BCUT2D eigenvalue weighted by Gasteiger charge is -2.23. The lowest BCUT2D eigenvalue weighted by atomic mass is 9.82. The van der Waals surface area contributed by atoms with Crippen molar-refractivity contribution in [1.29, 1.82) is 0 Å². The van der Waals surface area contributed by atoms with E-state index in [-0.39, 0.29) is 5.41 Å². The van der Waals surface area contributed by atoms with Gasteiger partial charge in [0, 0.05) is 5.56 Å². The molecular weight excluding hydrogens is 330 g/mol. The Morgan fingerprint density at radius 3 is 2.31 bits per heavy atom. The Bertz CT molecular complexity index is 723. The van der Waals surface area contributed by atoms with Crippen LogP contribution in [0.2, 0.25) is 0 Å². The molecular formula is C21H27NO4. The fourth-order valence-electron chi connectivity index (χ4n) is 2.47. The van der Waals surface area contributed by atoms with Crippen molar-refractivity contribution in [2.75, 3.05) is 20.3 Å². The van der Waals surface area contributed by atoms with E-state index in [0.717, 1.165) is 17.7 Å². The minimum absolute atomic E-state index is 0.168. The van der Waals surface area contributed by atoms with Crippen molar-refractivity contribution in [3.8, 4) is 17.2 Å². The smallest absolute Gasteiger partial charge is 0.161 e. The van der Waals surface area contributed by atoms with Gasteiger partial charge in [-0.25, -0.2) is 0 Å². The lowest BCUT2D eigenvalue weighted by Crippen LogP contribution is -2.15. The third kappa shape index (κ3) is 5.15. The monoisotopic (exact) mass is 357 g/mol. The highest BCUT2D eigenvalue weighted by Gasteiger charge is 2.17. The molecule has 5 nitrogen and oxygen atoms in total. The second-order valence-electron chi connectivity index (χ2n) is 6.61. The number of rotatable bonds is 9. The van der Waals surface area contributed by atoms with Gasteiger partial charge in [0.2, 0.25) is 0 Å². The van der Waals surface area contributed by atoms with Crippen molar-refractivity contribution in [3.05, 3.63) is 53.6 Å². The molecule has 2 rings (SSSR count). The summed E-state index contributed by atoms with van der Waals surface area (Å²) in [4.78, 5) is 0. The quantitative estimate of drug-likeness (QED) is 0.307. The Labute approximate surface area is 155 Å². The number of benzene rings is 2. The van der Waals surface area contributed by atoms with Gasteiger partial charge < -0.3 is 19.4 Å². The molecule has 0 atom stereocenters. The van der Waals surface area contributed by atoms with Gasteiger partial charge in [0.25, 0.3) is 0 Å². The summed E-state index contributed by atoms with van der Waals surface area (Å²) in [7, 11) is 1.58. The van der Waals surface area contributed by atoms with Crippen LogP contribution in [0.15, 0.2) is 47.6 Å². The lowest BCUT2D eigenvalue weighted by molar-refractivity contribution is 0.211. The maximum absolute atomic E-state index is 8.64. The minimum Gasteiger partial charge on any atom is -0.493 e. The van der Waals surface area contributed by atoms with E-state index in [0.29, 0.717) is 24.7 Å². The van der Waals surface area contributed by atoms with Crippen LogP contribution in [0, 0.1) is 0 Å². The highest BCUT2D eigenvalue weighted by molar-refractivity contribution is 5.80. The highest BCUT2D eigenvalue weighted by Crippen LogP contribution is 2.29. The van der Waals surface area contributed by atoms with Gasteiger partial charge in [0.1, 0.15) is 19.0 Å². The first-order valence-corrected chi connectivity index (χ1v) is 8.71. The average Bonchev–Trinajstić information content (AvgIpc) is 2.66. The zero-order chi connectivity index (χ0) is 19.0. The third-order valence-electron chi connectivity index (χ3n) is 4.52. The summed E-state index contributed by atoms with van der Waals surface area (Å²) >= 11 is 0. The fourth-order valence-corrected chi connectivity index (χ4v) is 2.47. The van der Waals surface area contributed by atoms with E-state index < -0.39 is 0 Å². The molecule has 5 heteroatoms. The first-order chi connectivity index (χ1) is 12.5. The van der Waals surface area contributed by atoms with Crippen LogP contribution in [0.4, 0.5) is 0 Å². The third-order valence-corrected chi connectivity index (χ3v) is 4.52. The molecule has 0 aliphatic rings. The molecule has 2 aromatic rings. The molecule has 140 valence electrons. The summed E-state index contributed by atoms with van der Waals surface area (Å²) < 4.78 is 16.8. The molecule has 0 radical (unpaired) electrons. The first kappa shape index (κ1) is 19.6. The molecule has 0 aromatic heterocycles. The molecule has 0 fully saturated rings. The van der Waals surface area contributed by atoms with Crippen molar-refractivity contribution in [2.24, 2.45) is 5.16 Å². The molecule has 0 saturated heterocycles. The van der Waals surface area contributed by atoms with Crippen LogP contribution in [-0.4, -0.2) is 31.7 Å². The van der Waals surface area contributed by atoms with Gasteiger partial charge in [-0.1, -0.05) is 38.1 Å². The maximum Gasteiger partial charge on any atom is 0.161 e. The topological polar surface area (TPSA) is 60.3 Å². The molecule has 0 aliphatic heterocycles. The average molecular weight is 357 g/mol. The number of ether oxygens (including phenoxy) is 3. The summed E-state index contributed by atoms with van der Waals surface area (Å²) in [6, 6.07) is 13.5. The van der Waals surface area contributed by atoms with Gasteiger partial charge >= 0.3 is 0 Å². The SMILES string of the molecule is CCC(C)(C)c1ccc(OCCOc2cc(C=NO)ccc2OC)cc1. The Kier molecular flexibility index (Phi) is 6.89. The van der Waals surface area contributed by atoms with E-state index in [4.69, 9.17) is 19.4 Å². The van der Waals surface area contributed by atoms with Crippen LogP contribution in [0.3, 0.4) is 0 Å². The number of hydrogen-bond acceptors (Lipinski definition) is 5. The van der Waals surface area contributed by atoms with E-state index in [2.05, 4.69) is 38.1 Å². The van der Waals surface area contributed by atoms with E-state index in [1.807, 2.05) is 12.1 Å². The summed E-state index contributed by atoms with van der Waals surface area (Å²) in [5.41, 5.74) is 2.19. The van der Waals surface area contributed by atoms with E-state index in [1.165, 1.54) is 11.8 Å². The molecule has 0 unspecified atom stereocenters. The normalized spacial score (nSPS) is 11.5. The predicted molar refractivity (Wildman–Crippen MR) is 103 cm³/mol. The maximum atomic E-state index is 8.64. The molecule has 0 spiro atoms. The Morgan fingerprint density at radius 1 is 1.00 bits per heavy atom. The fraction of sp³-hybridized carbons (Fsp3) is 0.381. The van der Waals surface area contributed by atoms with Crippen molar-refractivity contribution in [3.63, 3.8) is 0 Å². The van der Waals surface area contributed by atoms with Gasteiger partial charge in [0.15, 0.2) is 11.5 Å². The van der Waals surface area contributed by atoms with Crippen molar-refractivity contribution in [2.45, 2.75) is 32.6 Å². The van der Waals surface area contributed by atoms with Crippen LogP contribution >= 0.6 is 0 Å². The number of oxime groups is 1. The van der Waals surface area contributed by atoms with Crippen LogP contribution in [0.1, 0.15) is 38.3 Å². The van der Waals surface area contributed by atoms with Gasteiger partial charge in [0.05, 0.1) is 13.3 Å². The largest absolute Gasteiger partial charge is 0.493 e. The predicted octanol–water partition coefficient (Wildman–Crippen LogP) is 4.65. The Balaban J connectivity index is 1.90. The van der Waals surface area contributed by atoms with E-state index in [9.17, 15) is 0 Å². The second kappa shape index (κ2) is 9.13. The summed E-state index contributed by atoms with van der Waals surface area (Å²) in [6.45, 7) is 7.45. The van der Waals surface area contributed by atoms with E-state index in [1.54, 1.807) is 25.3 Å². The number of nitrogens with zero attached hydrogens (tertiary/aromatic N) is 1. The summed E-state index contributed by atoms with van der Waals surface area (Å²) in [6.07, 6.45) is 2.42. The molecule has 1 N–H and O–H groups in total. The molecule has 0 heterocycles. The van der Waals surface area contributed by atoms with Crippen LogP contribution < -0.4 is 14.2 Å². The van der Waals surface area contributed by atoms with Gasteiger partial charge in [-0.05, 0) is 47.7 Å². The zero-order valence-corrected chi connectivity index (χ0v) is 15.9. The van der Waals surface area contributed by atoms with Crippen LogP contribution in [0.5, 0.6) is 17.2 Å². The zero-order valence-electron chi connectivity index (χ0n) is 15.9. The van der Waals surface area contributed by atoms with Crippen molar-refractivity contribution >= 4 is 6.21 Å². The summed E-state index contributed by atoms with van der Waals surface area (Å²) in [5.74, 6) is 2.01. The van der Waals surface area contributed by atoms with Gasteiger partial charge in [-0.2, -0.15) is 0 Å². The Morgan fingerprint density at radius 2 is 1.69 bits per heavy atom. The van der Waals surface area contributed by atoms with Crippen LogP contribution in [0.25, 0.3) is 0 Å². The minimum atomic E-state index is 0.168. The first-order valence-electron chi connectivity index (χ1n) is 8.71. The molecule has 2 aromatic carbocycles. The molecule has 0 saturated carbocycles. The number of methoxy groups -OCH3 is 1. The molecule has 0 amide bonds. The van der Waals surface area contributed by atoms with Crippen molar-refractivity contribution in [1.82, 2.24) is 0 Å². The molecule has 26 heavy (non-hydrogen) atoms. The van der Waals surface area contributed by atoms with E-state index >= 15 is 0 Å². The van der Waals surface area contributed by atoms with Crippen LogP contribution in [-0.2, 0) is 5.41 Å². The number of hydrogen-bond donors (Lipinski definition) is 1. The van der Waals surface area contributed by atoms with Crippen molar-refractivity contribution < 1.29 is 19.4 Å². The second-order valence-corrected chi connectivity index (χ2v) is 6.61. The Hall–Kier alpha value is -2.69. The van der Waals surface area contributed by atoms with Gasteiger partial charge in [-0.3, -0.25) is 0 Å².